The number of esters is 1. The lowest BCUT2D eigenvalue weighted by molar-refractivity contribution is -0.155. The van der Waals surface area contributed by atoms with Crippen LogP contribution < -0.4 is 9.80 Å². The zero-order valence-corrected chi connectivity index (χ0v) is 22.6. The lowest BCUT2D eigenvalue weighted by Crippen LogP contribution is -2.61. The van der Waals surface area contributed by atoms with Crippen molar-refractivity contribution in [2.45, 2.75) is 34.6 Å². The molecule has 200 valence electrons. The summed E-state index contributed by atoms with van der Waals surface area (Å²) in [4.78, 5) is 72.3. The third kappa shape index (κ3) is 3.14. The number of ether oxygens (including phenoxy) is 1. The molecule has 4 amide bonds. The van der Waals surface area contributed by atoms with Gasteiger partial charge in [0.05, 0.1) is 41.7 Å². The molecule has 7 rings (SSSR count). The fourth-order valence-corrected chi connectivity index (χ4v) is 7.85. The van der Waals surface area contributed by atoms with Gasteiger partial charge in [0.2, 0.25) is 23.6 Å². The highest BCUT2D eigenvalue weighted by Crippen LogP contribution is 2.68. The summed E-state index contributed by atoms with van der Waals surface area (Å²) in [5.74, 6) is -6.78. The van der Waals surface area contributed by atoms with E-state index in [1.165, 1.54) is 9.80 Å². The maximum Gasteiger partial charge on any atom is 0.334 e. The van der Waals surface area contributed by atoms with Crippen LogP contribution in [0.15, 0.2) is 59.7 Å². The van der Waals surface area contributed by atoms with Crippen LogP contribution in [0.3, 0.4) is 0 Å². The highest BCUT2D eigenvalue weighted by molar-refractivity contribution is 6.27. The molecular formula is C31H30N2O6. The standard InChI is InChI=1S/C31H30N2O6/c1-6-39-30(38)23-17(4)20-21-24(28(36)32(26(21)34)18-11-7-9-15(2)13-18)31(23,5)25-22(20)27(35)33(29(25)37)19-12-8-10-16(3)14-19/h7-14,20-22,24-25H,6H2,1-5H3/t20?,21-,22+,24+,25-,31?. The average Bonchev–Trinajstić information content (AvgIpc) is 3.30. The third-order valence-corrected chi connectivity index (χ3v) is 9.20. The molecule has 0 N–H and O–H groups in total. The van der Waals surface area contributed by atoms with Crippen LogP contribution in [0, 0.1) is 48.9 Å². The lowest BCUT2D eigenvalue weighted by Gasteiger charge is -2.55. The van der Waals surface area contributed by atoms with Gasteiger partial charge in [0.25, 0.3) is 0 Å². The van der Waals surface area contributed by atoms with Crippen molar-refractivity contribution in [2.24, 2.45) is 35.0 Å². The minimum Gasteiger partial charge on any atom is -0.463 e. The summed E-state index contributed by atoms with van der Waals surface area (Å²) in [6, 6.07) is 14.2. The van der Waals surface area contributed by atoms with E-state index >= 15 is 0 Å². The number of allylic oxidation sites excluding steroid dienone is 1. The van der Waals surface area contributed by atoms with E-state index in [0.717, 1.165) is 11.1 Å². The van der Waals surface area contributed by atoms with Crippen LogP contribution in [0.1, 0.15) is 31.9 Å². The summed E-state index contributed by atoms with van der Waals surface area (Å²) < 4.78 is 5.43. The largest absolute Gasteiger partial charge is 0.463 e. The van der Waals surface area contributed by atoms with E-state index in [0.29, 0.717) is 16.9 Å². The van der Waals surface area contributed by atoms with Crippen LogP contribution >= 0.6 is 0 Å². The second kappa shape index (κ2) is 8.46. The zero-order chi connectivity index (χ0) is 28.0. The van der Waals surface area contributed by atoms with E-state index in [1.807, 2.05) is 26.0 Å². The van der Waals surface area contributed by atoms with Gasteiger partial charge in [-0.2, -0.15) is 0 Å². The molecule has 0 aromatic heterocycles. The molecule has 39 heavy (non-hydrogen) atoms. The van der Waals surface area contributed by atoms with Crippen LogP contribution in [-0.4, -0.2) is 36.2 Å². The molecule has 0 radical (unpaired) electrons. The van der Waals surface area contributed by atoms with Gasteiger partial charge in [-0.1, -0.05) is 36.8 Å². The van der Waals surface area contributed by atoms with Gasteiger partial charge in [0, 0.05) is 16.9 Å². The minimum atomic E-state index is -1.41. The Balaban J connectivity index is 1.55. The van der Waals surface area contributed by atoms with E-state index in [9.17, 15) is 24.0 Å². The predicted octanol–water partition coefficient (Wildman–Crippen LogP) is 3.74. The lowest BCUT2D eigenvalue weighted by atomic mass is 9.43. The van der Waals surface area contributed by atoms with Crippen molar-refractivity contribution in [3.63, 3.8) is 0 Å². The Bertz CT molecular complexity index is 1430. The van der Waals surface area contributed by atoms with E-state index in [-0.39, 0.29) is 12.2 Å². The summed E-state index contributed by atoms with van der Waals surface area (Å²) >= 11 is 0. The van der Waals surface area contributed by atoms with Crippen LogP contribution in [-0.2, 0) is 28.7 Å². The fourth-order valence-electron chi connectivity index (χ4n) is 7.85. The van der Waals surface area contributed by atoms with Crippen molar-refractivity contribution in [2.75, 3.05) is 16.4 Å². The molecule has 2 bridgehead atoms. The van der Waals surface area contributed by atoms with Crippen molar-refractivity contribution in [3.05, 3.63) is 70.8 Å². The Morgan fingerprint density at radius 2 is 1.23 bits per heavy atom. The molecule has 5 aliphatic rings. The Morgan fingerprint density at radius 3 is 1.64 bits per heavy atom. The van der Waals surface area contributed by atoms with Crippen molar-refractivity contribution in [1.29, 1.82) is 0 Å². The normalized spacial score (nSPS) is 31.3. The van der Waals surface area contributed by atoms with Crippen molar-refractivity contribution in [1.82, 2.24) is 0 Å². The topological polar surface area (TPSA) is 101 Å². The number of aryl methyl sites for hydroxylation is 2. The summed E-state index contributed by atoms with van der Waals surface area (Å²) in [6.45, 7) is 8.99. The quantitative estimate of drug-likeness (QED) is 0.444. The summed E-state index contributed by atoms with van der Waals surface area (Å²) in [7, 11) is 0. The first kappa shape index (κ1) is 25.2. The summed E-state index contributed by atoms with van der Waals surface area (Å²) in [5, 5.41) is 0. The van der Waals surface area contributed by atoms with Gasteiger partial charge < -0.3 is 4.74 Å². The molecule has 2 heterocycles. The molecule has 3 fully saturated rings. The number of hydrogen-bond donors (Lipinski definition) is 0. The van der Waals surface area contributed by atoms with Crippen LogP contribution in [0.25, 0.3) is 0 Å². The number of imide groups is 2. The number of hydrogen-bond acceptors (Lipinski definition) is 6. The SMILES string of the molecule is CCOC(=O)C1=C(C)C2[C@H]3C(=O)N(c4cccc(C)c4)C(=O)[C@H]3C1(C)[C@H]1C(=O)N(c3cccc(C)c3)C(=O)[C@@H]21. The Morgan fingerprint density at radius 1 is 0.769 bits per heavy atom. The second-order valence-corrected chi connectivity index (χ2v) is 11.3. The summed E-state index contributed by atoms with van der Waals surface area (Å²) in [5.41, 5.74) is 2.05. The number of carbonyl (C=O) groups excluding carboxylic acids is 5. The summed E-state index contributed by atoms with van der Waals surface area (Å²) in [6.07, 6.45) is 0. The molecule has 1 saturated carbocycles. The van der Waals surface area contributed by atoms with Gasteiger partial charge in [0.15, 0.2) is 0 Å². The zero-order valence-electron chi connectivity index (χ0n) is 22.6. The van der Waals surface area contributed by atoms with Crippen molar-refractivity contribution in [3.8, 4) is 0 Å². The molecule has 2 aromatic rings. The Labute approximate surface area is 226 Å². The molecule has 2 saturated heterocycles. The Kier molecular flexibility index (Phi) is 5.47. The molecule has 8 heteroatoms. The van der Waals surface area contributed by atoms with Gasteiger partial charge in [-0.3, -0.25) is 19.2 Å². The maximum atomic E-state index is 14.2. The van der Waals surface area contributed by atoms with Crippen LogP contribution in [0.2, 0.25) is 0 Å². The van der Waals surface area contributed by atoms with Gasteiger partial charge >= 0.3 is 5.97 Å². The van der Waals surface area contributed by atoms with E-state index in [4.69, 9.17) is 4.74 Å². The molecule has 2 aliphatic heterocycles. The van der Waals surface area contributed by atoms with E-state index in [1.54, 1.807) is 57.2 Å². The fraction of sp³-hybridized carbons (Fsp3) is 0.387. The Hall–Kier alpha value is -4.07. The van der Waals surface area contributed by atoms with Gasteiger partial charge in [-0.05, 0) is 63.1 Å². The first-order chi connectivity index (χ1) is 18.5. The number of rotatable bonds is 4. The molecule has 8 nitrogen and oxygen atoms in total. The number of benzene rings is 2. The molecular weight excluding hydrogens is 496 g/mol. The van der Waals surface area contributed by atoms with Gasteiger partial charge in [0.1, 0.15) is 0 Å². The number of nitrogens with zero attached hydrogens (tertiary/aromatic N) is 2. The highest BCUT2D eigenvalue weighted by atomic mass is 16.5. The highest BCUT2D eigenvalue weighted by Gasteiger charge is 2.77. The first-order valence-corrected chi connectivity index (χ1v) is 13.3. The second-order valence-electron chi connectivity index (χ2n) is 11.3. The van der Waals surface area contributed by atoms with E-state index in [2.05, 4.69) is 0 Å². The van der Waals surface area contributed by atoms with Crippen molar-refractivity contribution < 1.29 is 28.7 Å². The number of anilines is 2. The molecule has 6 atom stereocenters. The molecule has 3 aliphatic carbocycles. The third-order valence-electron chi connectivity index (χ3n) is 9.20. The van der Waals surface area contributed by atoms with Crippen LogP contribution in [0.5, 0.6) is 0 Å². The molecule has 0 spiro atoms. The predicted molar refractivity (Wildman–Crippen MR) is 142 cm³/mol. The first-order valence-electron chi connectivity index (χ1n) is 13.3. The average molecular weight is 527 g/mol. The smallest absolute Gasteiger partial charge is 0.334 e. The van der Waals surface area contributed by atoms with Gasteiger partial charge in [-0.25, -0.2) is 14.6 Å². The number of amides is 4. The van der Waals surface area contributed by atoms with Crippen molar-refractivity contribution >= 4 is 41.0 Å². The molecule has 2 aromatic carbocycles. The van der Waals surface area contributed by atoms with E-state index < -0.39 is 64.6 Å². The van der Waals surface area contributed by atoms with Crippen LogP contribution in [0.4, 0.5) is 11.4 Å². The maximum absolute atomic E-state index is 14.2. The minimum absolute atomic E-state index is 0.114. The van der Waals surface area contributed by atoms with Gasteiger partial charge in [-0.15, -0.1) is 0 Å². The number of carbonyl (C=O) groups is 5. The monoisotopic (exact) mass is 526 g/mol. The molecule has 2 unspecified atom stereocenters.